The molecule has 0 amide bonds. The lowest BCUT2D eigenvalue weighted by atomic mass is 10.1. The Balaban J connectivity index is 2.53. The lowest BCUT2D eigenvalue weighted by molar-refractivity contribution is -0.684. The van der Waals surface area contributed by atoms with Crippen molar-refractivity contribution in [3.05, 3.63) is 58.9 Å². The Bertz CT molecular complexity index is 752. The number of rotatable bonds is 3. The van der Waals surface area contributed by atoms with Crippen molar-refractivity contribution in [2.75, 3.05) is 0 Å². The standard InChI is InChI=1S/C15H17NO3S/c1-11-7-8-15(20(17,18)19)13(9-11)10-14-6-4-5-12(2)16(14)3/h4-9H,10H2,1-3H3/p+1. The number of aryl methyl sites for hydroxylation is 2. The van der Waals surface area contributed by atoms with Crippen molar-refractivity contribution < 1.29 is 17.5 Å². The third kappa shape index (κ3) is 3.05. The van der Waals surface area contributed by atoms with Crippen LogP contribution in [-0.4, -0.2) is 13.0 Å². The highest BCUT2D eigenvalue weighted by Gasteiger charge is 2.18. The van der Waals surface area contributed by atoms with Crippen molar-refractivity contribution in [2.24, 2.45) is 7.05 Å². The third-order valence-electron chi connectivity index (χ3n) is 3.45. The fraction of sp³-hybridized carbons (Fsp3) is 0.267. The molecule has 0 bridgehead atoms. The maximum absolute atomic E-state index is 11.5. The normalized spacial score (nSPS) is 11.6. The van der Waals surface area contributed by atoms with E-state index in [1.54, 1.807) is 12.1 Å². The molecule has 106 valence electrons. The summed E-state index contributed by atoms with van der Waals surface area (Å²) in [6.07, 6.45) is 0.453. The second-order valence-corrected chi connectivity index (χ2v) is 6.37. The van der Waals surface area contributed by atoms with E-state index in [1.807, 2.05) is 43.7 Å². The molecule has 0 atom stereocenters. The molecule has 0 fully saturated rings. The number of nitrogens with zero attached hydrogens (tertiary/aromatic N) is 1. The van der Waals surface area contributed by atoms with Gasteiger partial charge < -0.3 is 0 Å². The van der Waals surface area contributed by atoms with Gasteiger partial charge in [0.1, 0.15) is 7.05 Å². The summed E-state index contributed by atoms with van der Waals surface area (Å²) in [6, 6.07) is 10.8. The Kier molecular flexibility index (Phi) is 3.92. The minimum Gasteiger partial charge on any atom is -0.282 e. The molecule has 4 nitrogen and oxygen atoms in total. The molecule has 0 aliphatic rings. The van der Waals surface area contributed by atoms with E-state index in [4.69, 9.17) is 0 Å². The summed E-state index contributed by atoms with van der Waals surface area (Å²) in [5.74, 6) is 0. The Labute approximate surface area is 119 Å². The van der Waals surface area contributed by atoms with E-state index in [0.717, 1.165) is 17.0 Å². The van der Waals surface area contributed by atoms with Crippen LogP contribution in [0, 0.1) is 13.8 Å². The molecular weight excluding hydrogens is 274 g/mol. The van der Waals surface area contributed by atoms with Gasteiger partial charge in [-0.1, -0.05) is 17.7 Å². The lowest BCUT2D eigenvalue weighted by Gasteiger charge is -2.08. The van der Waals surface area contributed by atoms with E-state index in [9.17, 15) is 13.0 Å². The summed E-state index contributed by atoms with van der Waals surface area (Å²) in [5.41, 5.74) is 3.64. The molecule has 0 unspecified atom stereocenters. The van der Waals surface area contributed by atoms with E-state index in [-0.39, 0.29) is 4.90 Å². The van der Waals surface area contributed by atoms with Crippen molar-refractivity contribution in [2.45, 2.75) is 25.2 Å². The van der Waals surface area contributed by atoms with E-state index in [0.29, 0.717) is 12.0 Å². The molecule has 1 aromatic carbocycles. The molecule has 1 heterocycles. The number of hydrogen-bond donors (Lipinski definition) is 1. The Morgan fingerprint density at radius 2 is 1.85 bits per heavy atom. The van der Waals surface area contributed by atoms with Crippen LogP contribution in [0.2, 0.25) is 0 Å². The Morgan fingerprint density at radius 3 is 2.50 bits per heavy atom. The quantitative estimate of drug-likeness (QED) is 0.695. The third-order valence-corrected chi connectivity index (χ3v) is 4.41. The van der Waals surface area contributed by atoms with E-state index in [1.165, 1.54) is 6.07 Å². The van der Waals surface area contributed by atoms with Crippen LogP contribution in [0.3, 0.4) is 0 Å². The predicted molar refractivity (Wildman–Crippen MR) is 76.2 cm³/mol. The fourth-order valence-corrected chi connectivity index (χ4v) is 2.92. The number of aromatic nitrogens is 1. The monoisotopic (exact) mass is 292 g/mol. The van der Waals surface area contributed by atoms with Crippen molar-refractivity contribution in [3.8, 4) is 0 Å². The number of hydrogen-bond acceptors (Lipinski definition) is 2. The first-order chi connectivity index (χ1) is 9.29. The zero-order valence-corrected chi connectivity index (χ0v) is 12.6. The van der Waals surface area contributed by atoms with Gasteiger partial charge in [-0.2, -0.15) is 8.42 Å². The van der Waals surface area contributed by atoms with Crippen LogP contribution in [0.1, 0.15) is 22.5 Å². The topological polar surface area (TPSA) is 58.3 Å². The second kappa shape index (κ2) is 5.34. The summed E-state index contributed by atoms with van der Waals surface area (Å²) < 4.78 is 34.2. The van der Waals surface area contributed by atoms with Crippen molar-refractivity contribution in [3.63, 3.8) is 0 Å². The van der Waals surface area contributed by atoms with Crippen LogP contribution < -0.4 is 4.57 Å². The van der Waals surface area contributed by atoms with Crippen LogP contribution in [0.25, 0.3) is 0 Å². The van der Waals surface area contributed by atoms with Gasteiger partial charge in [-0.25, -0.2) is 4.57 Å². The molecule has 1 N–H and O–H groups in total. The summed E-state index contributed by atoms with van der Waals surface area (Å²) in [6.45, 7) is 3.89. The van der Waals surface area contributed by atoms with Gasteiger partial charge >= 0.3 is 0 Å². The highest BCUT2D eigenvalue weighted by atomic mass is 32.2. The predicted octanol–water partition coefficient (Wildman–Crippen LogP) is 1.97. The van der Waals surface area contributed by atoms with E-state index >= 15 is 0 Å². The largest absolute Gasteiger partial charge is 0.294 e. The van der Waals surface area contributed by atoms with E-state index in [2.05, 4.69) is 0 Å². The zero-order chi connectivity index (χ0) is 14.9. The van der Waals surface area contributed by atoms with Crippen molar-refractivity contribution >= 4 is 10.1 Å². The van der Waals surface area contributed by atoms with Gasteiger partial charge in [0, 0.05) is 19.1 Å². The summed E-state index contributed by atoms with van der Waals surface area (Å²) >= 11 is 0. The molecule has 0 aliphatic carbocycles. The van der Waals surface area contributed by atoms with Crippen LogP contribution in [0.4, 0.5) is 0 Å². The molecule has 20 heavy (non-hydrogen) atoms. The minimum absolute atomic E-state index is 0.0235. The summed E-state index contributed by atoms with van der Waals surface area (Å²) in [5, 5.41) is 0. The zero-order valence-electron chi connectivity index (χ0n) is 11.8. The Morgan fingerprint density at radius 1 is 1.15 bits per heavy atom. The molecular formula is C15H18NO3S+. The highest BCUT2D eigenvalue weighted by molar-refractivity contribution is 7.85. The second-order valence-electron chi connectivity index (χ2n) is 4.98. The molecule has 2 aromatic rings. The molecule has 0 radical (unpaired) electrons. The van der Waals surface area contributed by atoms with Gasteiger partial charge in [0.25, 0.3) is 10.1 Å². The average Bonchev–Trinajstić information content (AvgIpc) is 2.33. The minimum atomic E-state index is -4.20. The van der Waals surface area contributed by atoms with E-state index < -0.39 is 10.1 Å². The first-order valence-corrected chi connectivity index (χ1v) is 7.74. The van der Waals surface area contributed by atoms with Gasteiger partial charge in [0.15, 0.2) is 11.4 Å². The summed E-state index contributed by atoms with van der Waals surface area (Å²) in [7, 11) is -2.26. The maximum atomic E-state index is 11.5. The van der Waals surface area contributed by atoms with Crippen LogP contribution in [0.15, 0.2) is 41.3 Å². The smallest absolute Gasteiger partial charge is 0.282 e. The molecule has 1 aromatic heterocycles. The molecule has 2 rings (SSSR count). The Hall–Kier alpha value is -1.72. The van der Waals surface area contributed by atoms with Gasteiger partial charge in [0.2, 0.25) is 0 Å². The maximum Gasteiger partial charge on any atom is 0.294 e. The molecule has 0 saturated heterocycles. The van der Waals surface area contributed by atoms with Gasteiger partial charge in [0.05, 0.1) is 11.3 Å². The molecule has 0 spiro atoms. The van der Waals surface area contributed by atoms with Crippen LogP contribution in [0.5, 0.6) is 0 Å². The van der Waals surface area contributed by atoms with Gasteiger partial charge in [-0.3, -0.25) is 4.55 Å². The van der Waals surface area contributed by atoms with Crippen molar-refractivity contribution in [1.82, 2.24) is 0 Å². The number of pyridine rings is 1. The lowest BCUT2D eigenvalue weighted by Crippen LogP contribution is -2.37. The van der Waals surface area contributed by atoms with Crippen molar-refractivity contribution in [1.29, 1.82) is 0 Å². The SMILES string of the molecule is Cc1ccc(S(=O)(=O)O)c(Cc2cccc(C)[n+]2C)c1. The molecule has 5 heteroatoms. The average molecular weight is 292 g/mol. The molecule has 0 saturated carbocycles. The fourth-order valence-electron chi connectivity index (χ4n) is 2.22. The van der Waals surface area contributed by atoms with Crippen LogP contribution >= 0.6 is 0 Å². The molecule has 0 aliphatic heterocycles. The van der Waals surface area contributed by atoms with Crippen LogP contribution in [-0.2, 0) is 23.6 Å². The first kappa shape index (κ1) is 14.7. The van der Waals surface area contributed by atoms with Gasteiger partial charge in [-0.05, 0) is 24.6 Å². The van der Waals surface area contributed by atoms with Gasteiger partial charge in [-0.15, -0.1) is 0 Å². The first-order valence-electron chi connectivity index (χ1n) is 6.30. The summed E-state index contributed by atoms with van der Waals surface area (Å²) in [4.78, 5) is -0.0235. The highest BCUT2D eigenvalue weighted by Crippen LogP contribution is 2.19. The number of benzene rings is 1.